The largest absolute Gasteiger partial charge is 0.497 e. The van der Waals surface area contributed by atoms with Crippen molar-refractivity contribution in [2.75, 3.05) is 12.4 Å². The normalized spacial score (nSPS) is 16.1. The van der Waals surface area contributed by atoms with Crippen LogP contribution in [-0.4, -0.2) is 12.9 Å². The third-order valence-electron chi connectivity index (χ3n) is 4.09. The number of rotatable bonds is 5. The molecule has 0 aliphatic heterocycles. The van der Waals surface area contributed by atoms with Crippen molar-refractivity contribution in [3.63, 3.8) is 0 Å². The first kappa shape index (κ1) is 17.1. The summed E-state index contributed by atoms with van der Waals surface area (Å²) in [4.78, 5) is 11.8. The Bertz CT molecular complexity index is 791. The molecule has 0 spiro atoms. The third kappa shape index (κ3) is 4.63. The molecule has 0 atom stereocenters. The molecule has 0 bridgehead atoms. The lowest BCUT2D eigenvalue weighted by Crippen LogP contribution is -2.24. The summed E-state index contributed by atoms with van der Waals surface area (Å²) in [5.74, 6) is 2.40. The van der Waals surface area contributed by atoms with Crippen LogP contribution >= 0.6 is 0 Å². The van der Waals surface area contributed by atoms with Gasteiger partial charge in [0.25, 0.3) is 0 Å². The smallest absolute Gasteiger partial charge is 0.157 e. The predicted octanol–water partition coefficient (Wildman–Crippen LogP) is 5.17. The van der Waals surface area contributed by atoms with Crippen LogP contribution in [0.4, 0.5) is 5.69 Å². The highest BCUT2D eigenvalue weighted by molar-refractivity contribution is 5.92. The van der Waals surface area contributed by atoms with Crippen LogP contribution in [0.25, 0.3) is 0 Å². The lowest BCUT2D eigenvalue weighted by Gasteiger charge is -2.29. The molecule has 0 heterocycles. The number of anilines is 1. The first-order valence-electron chi connectivity index (χ1n) is 8.36. The predicted molar refractivity (Wildman–Crippen MR) is 99.2 cm³/mol. The Morgan fingerprint density at radius 3 is 2.36 bits per heavy atom. The van der Waals surface area contributed by atoms with Crippen molar-refractivity contribution in [1.29, 1.82) is 0 Å². The van der Waals surface area contributed by atoms with Crippen LogP contribution in [0.15, 0.2) is 60.3 Å². The van der Waals surface area contributed by atoms with Gasteiger partial charge in [-0.15, -0.1) is 0 Å². The molecule has 0 saturated heterocycles. The van der Waals surface area contributed by atoms with Gasteiger partial charge in [0.1, 0.15) is 17.2 Å². The second-order valence-electron chi connectivity index (χ2n) is 7.08. The van der Waals surface area contributed by atoms with E-state index in [2.05, 4.69) is 19.2 Å². The Morgan fingerprint density at radius 2 is 1.68 bits per heavy atom. The first-order chi connectivity index (χ1) is 11.9. The van der Waals surface area contributed by atoms with E-state index >= 15 is 0 Å². The van der Waals surface area contributed by atoms with E-state index in [0.29, 0.717) is 6.42 Å². The molecule has 2 aromatic rings. The number of methoxy groups -OCH3 is 1. The molecule has 0 saturated carbocycles. The van der Waals surface area contributed by atoms with E-state index in [1.807, 2.05) is 48.5 Å². The topological polar surface area (TPSA) is 47.6 Å². The van der Waals surface area contributed by atoms with Crippen LogP contribution in [-0.2, 0) is 4.79 Å². The van der Waals surface area contributed by atoms with Crippen molar-refractivity contribution in [3.05, 3.63) is 60.3 Å². The first-order valence-corrected chi connectivity index (χ1v) is 8.36. The van der Waals surface area contributed by atoms with E-state index in [4.69, 9.17) is 9.47 Å². The summed E-state index contributed by atoms with van der Waals surface area (Å²) in [5.41, 5.74) is 1.90. The van der Waals surface area contributed by atoms with Crippen molar-refractivity contribution in [1.82, 2.24) is 0 Å². The number of nitrogens with one attached hydrogen (secondary N) is 1. The number of allylic oxidation sites excluding steroid dienone is 2. The quantitative estimate of drug-likeness (QED) is 0.817. The number of carbonyl (C=O) groups is 1. The molecule has 4 nitrogen and oxygen atoms in total. The molecule has 2 aromatic carbocycles. The van der Waals surface area contributed by atoms with Crippen molar-refractivity contribution in [3.8, 4) is 17.2 Å². The SMILES string of the molecule is COc1cccc(Oc2ccc(NC3=CC(=O)CC(C)(C)C3)cc2)c1. The number of hydrogen-bond donors (Lipinski definition) is 1. The molecule has 4 heteroatoms. The Kier molecular flexibility index (Phi) is 4.79. The lowest BCUT2D eigenvalue weighted by molar-refractivity contribution is -0.117. The molecular formula is C21H23NO3. The molecule has 25 heavy (non-hydrogen) atoms. The van der Waals surface area contributed by atoms with Gasteiger partial charge in [-0.2, -0.15) is 0 Å². The zero-order valence-corrected chi connectivity index (χ0v) is 14.8. The Labute approximate surface area is 148 Å². The highest BCUT2D eigenvalue weighted by Crippen LogP contribution is 2.34. The minimum atomic E-state index is 0.00356. The van der Waals surface area contributed by atoms with Gasteiger partial charge in [-0.25, -0.2) is 0 Å². The van der Waals surface area contributed by atoms with Crippen molar-refractivity contribution < 1.29 is 14.3 Å². The third-order valence-corrected chi connectivity index (χ3v) is 4.09. The Balaban J connectivity index is 1.67. The molecule has 0 radical (unpaired) electrons. The van der Waals surface area contributed by atoms with Crippen molar-refractivity contribution >= 4 is 11.5 Å². The van der Waals surface area contributed by atoms with Crippen LogP contribution in [0.1, 0.15) is 26.7 Å². The van der Waals surface area contributed by atoms with Crippen LogP contribution in [0.5, 0.6) is 17.2 Å². The standard InChI is InChI=1S/C21H23NO3/c1-21(2)13-16(11-17(23)14-21)22-15-7-9-18(10-8-15)25-20-6-4-5-19(12-20)24-3/h4-12,22H,13-14H2,1-3H3. The summed E-state index contributed by atoms with van der Waals surface area (Å²) < 4.78 is 11.0. The average Bonchev–Trinajstić information content (AvgIpc) is 2.55. The number of benzene rings is 2. The second kappa shape index (κ2) is 7.01. The van der Waals surface area contributed by atoms with Crippen molar-refractivity contribution in [2.45, 2.75) is 26.7 Å². The fourth-order valence-electron chi connectivity index (χ4n) is 3.02. The minimum Gasteiger partial charge on any atom is -0.497 e. The molecular weight excluding hydrogens is 314 g/mol. The summed E-state index contributed by atoms with van der Waals surface area (Å²) in [7, 11) is 1.63. The maximum absolute atomic E-state index is 11.8. The van der Waals surface area contributed by atoms with Crippen LogP contribution in [0.3, 0.4) is 0 Å². The van der Waals surface area contributed by atoms with Gasteiger partial charge in [-0.3, -0.25) is 4.79 Å². The molecule has 130 valence electrons. The molecule has 0 fully saturated rings. The van der Waals surface area contributed by atoms with Gasteiger partial charge in [0.15, 0.2) is 5.78 Å². The molecule has 0 amide bonds. The highest BCUT2D eigenvalue weighted by atomic mass is 16.5. The van der Waals surface area contributed by atoms with E-state index in [1.54, 1.807) is 13.2 Å². The second-order valence-corrected chi connectivity index (χ2v) is 7.08. The summed E-state index contributed by atoms with van der Waals surface area (Å²) >= 11 is 0. The van der Waals surface area contributed by atoms with E-state index in [1.165, 1.54) is 0 Å². The number of ketones is 1. The van der Waals surface area contributed by atoms with E-state index in [0.717, 1.165) is 35.1 Å². The zero-order chi connectivity index (χ0) is 17.9. The maximum atomic E-state index is 11.8. The highest BCUT2D eigenvalue weighted by Gasteiger charge is 2.27. The van der Waals surface area contributed by atoms with Gasteiger partial charge < -0.3 is 14.8 Å². The Morgan fingerprint density at radius 1 is 0.960 bits per heavy atom. The van der Waals surface area contributed by atoms with E-state index in [-0.39, 0.29) is 11.2 Å². The molecule has 1 aliphatic rings. The van der Waals surface area contributed by atoms with Crippen LogP contribution in [0.2, 0.25) is 0 Å². The minimum absolute atomic E-state index is 0.00356. The van der Waals surface area contributed by atoms with Gasteiger partial charge >= 0.3 is 0 Å². The molecule has 1 N–H and O–H groups in total. The van der Waals surface area contributed by atoms with Gasteiger partial charge in [0, 0.05) is 29.9 Å². The van der Waals surface area contributed by atoms with Crippen molar-refractivity contribution in [2.24, 2.45) is 5.41 Å². The maximum Gasteiger partial charge on any atom is 0.157 e. The summed E-state index contributed by atoms with van der Waals surface area (Å²) in [6.07, 6.45) is 3.18. The lowest BCUT2D eigenvalue weighted by atomic mass is 9.79. The van der Waals surface area contributed by atoms with E-state index in [9.17, 15) is 4.79 Å². The summed E-state index contributed by atoms with van der Waals surface area (Å²) in [6, 6.07) is 15.2. The van der Waals surface area contributed by atoms with Gasteiger partial charge in [0.2, 0.25) is 0 Å². The monoisotopic (exact) mass is 337 g/mol. The molecule has 3 rings (SSSR count). The summed E-state index contributed by atoms with van der Waals surface area (Å²) in [6.45, 7) is 4.23. The van der Waals surface area contributed by atoms with Crippen LogP contribution in [0, 0.1) is 5.41 Å². The van der Waals surface area contributed by atoms with Gasteiger partial charge in [-0.05, 0) is 48.2 Å². The average molecular weight is 337 g/mol. The van der Waals surface area contributed by atoms with Gasteiger partial charge in [0.05, 0.1) is 7.11 Å². The molecule has 1 aliphatic carbocycles. The fourth-order valence-corrected chi connectivity index (χ4v) is 3.02. The number of ether oxygens (including phenoxy) is 2. The number of carbonyl (C=O) groups excluding carboxylic acids is 1. The van der Waals surface area contributed by atoms with Gasteiger partial charge in [-0.1, -0.05) is 19.9 Å². The summed E-state index contributed by atoms with van der Waals surface area (Å²) in [5, 5.41) is 3.34. The molecule has 0 aromatic heterocycles. The fraction of sp³-hybridized carbons (Fsp3) is 0.286. The Hall–Kier alpha value is -2.75. The van der Waals surface area contributed by atoms with E-state index < -0.39 is 0 Å². The van der Waals surface area contributed by atoms with Crippen LogP contribution < -0.4 is 14.8 Å². The molecule has 0 unspecified atom stereocenters. The zero-order valence-electron chi connectivity index (χ0n) is 14.8. The number of hydrogen-bond acceptors (Lipinski definition) is 4.